The molecule has 0 radical (unpaired) electrons. The summed E-state index contributed by atoms with van der Waals surface area (Å²) in [7, 11) is -4.17. The Morgan fingerprint density at radius 1 is 1.78 bits per heavy atom. The van der Waals surface area contributed by atoms with Gasteiger partial charge in [0, 0.05) is 5.75 Å². The van der Waals surface area contributed by atoms with Crippen LogP contribution in [0.5, 0.6) is 0 Å². The van der Waals surface area contributed by atoms with Gasteiger partial charge in [0.2, 0.25) is 0 Å². The van der Waals surface area contributed by atoms with Gasteiger partial charge in [-0.25, -0.2) is 0 Å². The van der Waals surface area contributed by atoms with Crippen LogP contribution in [0.15, 0.2) is 0 Å². The fourth-order valence-corrected chi connectivity index (χ4v) is 0.829. The van der Waals surface area contributed by atoms with Crippen LogP contribution in [0.4, 0.5) is 0 Å². The largest absolute Gasteiger partial charge is 0.345 e. The molecule has 0 aliphatic heterocycles. The third-order valence-electron chi connectivity index (χ3n) is 0.986. The normalized spacial score (nSPS) is 19.2. The van der Waals surface area contributed by atoms with E-state index in [1.54, 1.807) is 0 Å². The Bertz CT molecular complexity index is 142. The van der Waals surface area contributed by atoms with Crippen molar-refractivity contribution in [3.05, 3.63) is 0 Å². The second-order valence-corrected chi connectivity index (χ2v) is 4.49. The third kappa shape index (κ3) is 2.27. The molecule has 0 saturated carbocycles. The number of hydrogen-bond donors (Lipinski definition) is 4. The highest BCUT2D eigenvalue weighted by molar-refractivity contribution is 7.80. The zero-order chi connectivity index (χ0) is 7.71. The summed E-state index contributed by atoms with van der Waals surface area (Å²) < 4.78 is 10.4. The first-order chi connectivity index (χ1) is 3.81. The number of thiol groups is 1. The van der Waals surface area contributed by atoms with Crippen molar-refractivity contribution in [1.82, 2.24) is 0 Å². The Hall–Kier alpha value is 0.460. The van der Waals surface area contributed by atoms with Gasteiger partial charge in [0.1, 0.15) is 5.28 Å². The lowest BCUT2D eigenvalue weighted by molar-refractivity contribution is 0.340. The summed E-state index contributed by atoms with van der Waals surface area (Å²) >= 11 is 3.68. The van der Waals surface area contributed by atoms with E-state index in [1.165, 1.54) is 6.92 Å². The summed E-state index contributed by atoms with van der Waals surface area (Å²) in [5.41, 5.74) is 5.15. The molecule has 0 aromatic rings. The average Bonchev–Trinajstić information content (AvgIpc) is 1.64. The van der Waals surface area contributed by atoms with E-state index >= 15 is 0 Å². The second-order valence-electron chi connectivity index (χ2n) is 2.06. The standard InChI is InChI=1S/C3H10NO3PS/c1-3(4,2-9)8(5,6)7/h9H,2,4H2,1H3,(H2,5,6,7). The number of hydrogen-bond acceptors (Lipinski definition) is 3. The monoisotopic (exact) mass is 171 g/mol. The van der Waals surface area contributed by atoms with Crippen LogP contribution < -0.4 is 5.73 Å². The average molecular weight is 171 g/mol. The van der Waals surface area contributed by atoms with Crippen molar-refractivity contribution >= 4 is 20.2 Å². The van der Waals surface area contributed by atoms with Crippen LogP contribution in [-0.2, 0) is 4.57 Å². The summed E-state index contributed by atoms with van der Waals surface area (Å²) in [6.07, 6.45) is 0. The molecule has 0 spiro atoms. The lowest BCUT2D eigenvalue weighted by atomic mass is 10.4. The molecule has 0 bridgehead atoms. The molecule has 0 rings (SSSR count). The Morgan fingerprint density at radius 3 is 2.11 bits per heavy atom. The molecule has 56 valence electrons. The topological polar surface area (TPSA) is 83.6 Å². The minimum absolute atomic E-state index is 0.0305. The van der Waals surface area contributed by atoms with Crippen LogP contribution in [0.2, 0.25) is 0 Å². The van der Waals surface area contributed by atoms with E-state index in [2.05, 4.69) is 12.6 Å². The van der Waals surface area contributed by atoms with Gasteiger partial charge in [-0.2, -0.15) is 12.6 Å². The molecule has 0 fully saturated rings. The van der Waals surface area contributed by atoms with Gasteiger partial charge in [-0.1, -0.05) is 0 Å². The first kappa shape index (κ1) is 9.46. The highest BCUT2D eigenvalue weighted by Gasteiger charge is 2.36. The van der Waals surface area contributed by atoms with Crippen molar-refractivity contribution in [2.24, 2.45) is 5.73 Å². The minimum Gasteiger partial charge on any atom is -0.323 e. The van der Waals surface area contributed by atoms with Gasteiger partial charge < -0.3 is 15.5 Å². The maximum Gasteiger partial charge on any atom is 0.345 e. The van der Waals surface area contributed by atoms with Gasteiger partial charge in [0.05, 0.1) is 0 Å². The van der Waals surface area contributed by atoms with E-state index in [1.807, 2.05) is 0 Å². The summed E-state index contributed by atoms with van der Waals surface area (Å²) in [5.74, 6) is -0.0305. The maximum atomic E-state index is 10.4. The number of nitrogens with two attached hydrogens (primary N) is 1. The molecule has 0 saturated heterocycles. The fourth-order valence-electron chi connectivity index (χ4n) is 0.0921. The van der Waals surface area contributed by atoms with E-state index < -0.39 is 12.9 Å². The van der Waals surface area contributed by atoms with E-state index in [4.69, 9.17) is 15.5 Å². The van der Waals surface area contributed by atoms with Crippen LogP contribution in [0, 0.1) is 0 Å². The van der Waals surface area contributed by atoms with Crippen LogP contribution in [-0.4, -0.2) is 20.8 Å². The molecule has 0 aromatic heterocycles. The molecule has 4 N–H and O–H groups in total. The molecule has 0 aliphatic rings. The lowest BCUT2D eigenvalue weighted by Crippen LogP contribution is -2.37. The highest BCUT2D eigenvalue weighted by Crippen LogP contribution is 2.46. The molecular weight excluding hydrogens is 161 g/mol. The predicted molar refractivity (Wildman–Crippen MR) is 38.5 cm³/mol. The van der Waals surface area contributed by atoms with E-state index in [9.17, 15) is 4.57 Å². The zero-order valence-electron chi connectivity index (χ0n) is 4.98. The van der Waals surface area contributed by atoms with E-state index in [-0.39, 0.29) is 5.75 Å². The van der Waals surface area contributed by atoms with Crippen molar-refractivity contribution in [1.29, 1.82) is 0 Å². The molecule has 6 heteroatoms. The summed E-state index contributed by atoms with van der Waals surface area (Å²) in [5, 5.41) is -1.49. The van der Waals surface area contributed by atoms with Gasteiger partial charge in [-0.05, 0) is 6.92 Å². The van der Waals surface area contributed by atoms with Crippen molar-refractivity contribution in [3.63, 3.8) is 0 Å². The Balaban J connectivity index is 4.34. The van der Waals surface area contributed by atoms with Crippen molar-refractivity contribution in [2.45, 2.75) is 12.2 Å². The molecule has 0 aromatic carbocycles. The maximum absolute atomic E-state index is 10.4. The van der Waals surface area contributed by atoms with Gasteiger partial charge in [0.25, 0.3) is 0 Å². The van der Waals surface area contributed by atoms with Crippen molar-refractivity contribution in [3.8, 4) is 0 Å². The second kappa shape index (κ2) is 2.60. The van der Waals surface area contributed by atoms with Crippen molar-refractivity contribution in [2.75, 3.05) is 5.75 Å². The first-order valence-electron chi connectivity index (χ1n) is 2.26. The summed E-state index contributed by atoms with van der Waals surface area (Å²) in [4.78, 5) is 17.0. The SMILES string of the molecule is CC(N)(CS)P(=O)(O)O. The summed E-state index contributed by atoms with van der Waals surface area (Å²) in [6, 6.07) is 0. The van der Waals surface area contributed by atoms with Gasteiger partial charge in [-0.15, -0.1) is 0 Å². The zero-order valence-corrected chi connectivity index (χ0v) is 6.77. The quantitative estimate of drug-likeness (QED) is 0.341. The smallest absolute Gasteiger partial charge is 0.323 e. The van der Waals surface area contributed by atoms with Gasteiger partial charge >= 0.3 is 7.60 Å². The van der Waals surface area contributed by atoms with Crippen LogP contribution >= 0.6 is 20.2 Å². The summed E-state index contributed by atoms with van der Waals surface area (Å²) in [6.45, 7) is 1.26. The lowest BCUT2D eigenvalue weighted by Gasteiger charge is -2.22. The molecule has 1 atom stereocenters. The molecule has 1 unspecified atom stereocenters. The van der Waals surface area contributed by atoms with Crippen LogP contribution in [0.25, 0.3) is 0 Å². The van der Waals surface area contributed by atoms with Gasteiger partial charge in [-0.3, -0.25) is 4.57 Å². The van der Waals surface area contributed by atoms with Crippen molar-refractivity contribution < 1.29 is 14.4 Å². The predicted octanol–water partition coefficient (Wildman–Crippen LogP) is -0.231. The molecular formula is C3H10NO3PS. The minimum atomic E-state index is -4.17. The van der Waals surface area contributed by atoms with E-state index in [0.717, 1.165) is 0 Å². The Kier molecular flexibility index (Phi) is 2.73. The first-order valence-corrected chi connectivity index (χ1v) is 4.51. The molecule has 9 heavy (non-hydrogen) atoms. The van der Waals surface area contributed by atoms with Crippen LogP contribution in [0.3, 0.4) is 0 Å². The van der Waals surface area contributed by atoms with Gasteiger partial charge in [0.15, 0.2) is 0 Å². The molecule has 4 nitrogen and oxygen atoms in total. The molecule has 0 amide bonds. The van der Waals surface area contributed by atoms with E-state index in [0.29, 0.717) is 0 Å². The Morgan fingerprint density at radius 2 is 2.11 bits per heavy atom. The molecule has 0 heterocycles. The fraction of sp³-hybridized carbons (Fsp3) is 1.00. The molecule has 0 aliphatic carbocycles. The number of rotatable bonds is 2. The Labute approximate surface area is 59.0 Å². The van der Waals surface area contributed by atoms with Crippen LogP contribution in [0.1, 0.15) is 6.92 Å². The third-order valence-corrected chi connectivity index (χ3v) is 3.38. The highest BCUT2D eigenvalue weighted by atomic mass is 32.1.